The van der Waals surface area contributed by atoms with Gasteiger partial charge in [0.2, 0.25) is 5.91 Å². The number of rotatable bonds is 5. The van der Waals surface area contributed by atoms with Crippen LogP contribution in [0.2, 0.25) is 5.02 Å². The van der Waals surface area contributed by atoms with Gasteiger partial charge in [0.05, 0.1) is 12.1 Å². The summed E-state index contributed by atoms with van der Waals surface area (Å²) in [6.45, 7) is 5.14. The maximum atomic E-state index is 13.1. The van der Waals surface area contributed by atoms with E-state index in [1.807, 2.05) is 55.5 Å². The average Bonchev–Trinajstić information content (AvgIpc) is 3.18. The minimum Gasteiger partial charge on any atom is -0.450 e. The maximum absolute atomic E-state index is 13.1. The van der Waals surface area contributed by atoms with Crippen LogP contribution in [0.25, 0.3) is 22.2 Å². The third kappa shape index (κ3) is 4.58. The van der Waals surface area contributed by atoms with Crippen LogP contribution in [-0.4, -0.2) is 52.4 Å². The van der Waals surface area contributed by atoms with Crippen LogP contribution in [0.15, 0.2) is 48.5 Å². The Hall–Kier alpha value is -3.06. The number of carbonyl (C=O) groups excluding carboxylic acids is 2. The zero-order chi connectivity index (χ0) is 22.7. The summed E-state index contributed by atoms with van der Waals surface area (Å²) >= 11 is 6.26. The highest BCUT2D eigenvalue weighted by atomic mass is 35.5. The number of halogens is 1. The maximum Gasteiger partial charge on any atom is 0.409 e. The molecular weight excluding hydrogens is 428 g/mol. The van der Waals surface area contributed by atoms with Crippen molar-refractivity contribution < 1.29 is 14.3 Å². The minimum absolute atomic E-state index is 0.0143. The molecule has 32 heavy (non-hydrogen) atoms. The molecule has 0 aliphatic carbocycles. The number of fused-ring (bicyclic) bond motifs is 1. The molecule has 8 heteroatoms. The number of carbonyl (C=O) groups is 2. The SMILES string of the molecule is CCOC(=O)N1CCC(NC(=O)C(C)n2nc(-c3ccccc3)c3cc(Cl)ccc32)CC1. The minimum atomic E-state index is -0.501. The molecule has 1 unspecified atom stereocenters. The molecule has 1 aromatic heterocycles. The Morgan fingerprint density at radius 3 is 2.59 bits per heavy atom. The summed E-state index contributed by atoms with van der Waals surface area (Å²) in [5, 5.41) is 9.46. The highest BCUT2D eigenvalue weighted by Crippen LogP contribution is 2.31. The van der Waals surface area contributed by atoms with Crippen molar-refractivity contribution in [2.24, 2.45) is 0 Å². The molecule has 168 valence electrons. The number of ether oxygens (including phenoxy) is 1. The number of hydrogen-bond acceptors (Lipinski definition) is 4. The summed E-state index contributed by atoms with van der Waals surface area (Å²) < 4.78 is 6.82. The molecule has 1 aliphatic heterocycles. The van der Waals surface area contributed by atoms with Gasteiger partial charge < -0.3 is 15.0 Å². The normalized spacial score (nSPS) is 15.5. The monoisotopic (exact) mass is 454 g/mol. The molecule has 1 aliphatic rings. The van der Waals surface area contributed by atoms with Crippen molar-refractivity contribution in [3.63, 3.8) is 0 Å². The highest BCUT2D eigenvalue weighted by Gasteiger charge is 2.27. The van der Waals surface area contributed by atoms with Crippen molar-refractivity contribution in [1.82, 2.24) is 20.0 Å². The second kappa shape index (κ2) is 9.61. The molecular formula is C24H27ClN4O3. The van der Waals surface area contributed by atoms with Gasteiger partial charge >= 0.3 is 6.09 Å². The Morgan fingerprint density at radius 2 is 1.91 bits per heavy atom. The predicted octanol–water partition coefficient (Wildman–Crippen LogP) is 4.65. The molecule has 0 radical (unpaired) electrons. The summed E-state index contributed by atoms with van der Waals surface area (Å²) in [6, 6.07) is 15.0. The van der Waals surface area contributed by atoms with Crippen LogP contribution in [0.3, 0.4) is 0 Å². The van der Waals surface area contributed by atoms with Crippen LogP contribution in [0, 0.1) is 0 Å². The molecule has 3 aromatic rings. The summed E-state index contributed by atoms with van der Waals surface area (Å²) in [4.78, 5) is 26.7. The molecule has 0 spiro atoms. The van der Waals surface area contributed by atoms with Gasteiger partial charge in [0, 0.05) is 35.1 Å². The van der Waals surface area contributed by atoms with Gasteiger partial charge in [-0.15, -0.1) is 0 Å². The first-order valence-electron chi connectivity index (χ1n) is 10.9. The fraction of sp³-hybridized carbons (Fsp3) is 0.375. The smallest absolute Gasteiger partial charge is 0.409 e. The Labute approximate surface area is 192 Å². The summed E-state index contributed by atoms with van der Waals surface area (Å²) in [5.74, 6) is -0.0986. The largest absolute Gasteiger partial charge is 0.450 e. The summed E-state index contributed by atoms with van der Waals surface area (Å²) in [6.07, 6.45) is 1.10. The third-order valence-corrected chi connectivity index (χ3v) is 6.06. The van der Waals surface area contributed by atoms with Gasteiger partial charge in [-0.3, -0.25) is 9.48 Å². The van der Waals surface area contributed by atoms with Gasteiger partial charge in [-0.2, -0.15) is 5.10 Å². The van der Waals surface area contributed by atoms with Crippen molar-refractivity contribution in [1.29, 1.82) is 0 Å². The van der Waals surface area contributed by atoms with E-state index in [2.05, 4.69) is 5.32 Å². The van der Waals surface area contributed by atoms with Crippen LogP contribution in [0.4, 0.5) is 4.79 Å². The number of hydrogen-bond donors (Lipinski definition) is 1. The first kappa shape index (κ1) is 22.1. The number of nitrogens with one attached hydrogen (secondary N) is 1. The molecule has 2 heterocycles. The van der Waals surface area contributed by atoms with Gasteiger partial charge in [-0.25, -0.2) is 4.79 Å². The van der Waals surface area contributed by atoms with Crippen molar-refractivity contribution in [2.45, 2.75) is 38.8 Å². The fourth-order valence-corrected chi connectivity index (χ4v) is 4.24. The Morgan fingerprint density at radius 1 is 1.19 bits per heavy atom. The topological polar surface area (TPSA) is 76.5 Å². The summed E-state index contributed by atoms with van der Waals surface area (Å²) in [5.41, 5.74) is 2.62. The first-order chi connectivity index (χ1) is 15.5. The fourth-order valence-electron chi connectivity index (χ4n) is 4.07. The molecule has 0 saturated carbocycles. The van der Waals surface area contributed by atoms with Crippen LogP contribution >= 0.6 is 11.6 Å². The lowest BCUT2D eigenvalue weighted by atomic mass is 10.0. The van der Waals surface area contributed by atoms with E-state index in [-0.39, 0.29) is 18.0 Å². The van der Waals surface area contributed by atoms with E-state index in [9.17, 15) is 9.59 Å². The standard InChI is InChI=1S/C24H27ClN4O3/c1-3-32-24(31)28-13-11-19(12-14-28)26-23(30)16(2)29-21-10-9-18(25)15-20(21)22(27-29)17-7-5-4-6-8-17/h4-10,15-16,19H,3,11-14H2,1-2H3,(H,26,30). The molecule has 7 nitrogen and oxygen atoms in total. The number of likely N-dealkylation sites (tertiary alicyclic amines) is 1. The molecule has 1 saturated heterocycles. The molecule has 0 bridgehead atoms. The Balaban J connectivity index is 1.51. The Kier molecular flexibility index (Phi) is 6.65. The zero-order valence-electron chi connectivity index (χ0n) is 18.3. The van der Waals surface area contributed by atoms with Crippen LogP contribution in [0.5, 0.6) is 0 Å². The van der Waals surface area contributed by atoms with Gasteiger partial charge in [0.25, 0.3) is 0 Å². The van der Waals surface area contributed by atoms with Crippen molar-refractivity contribution in [3.8, 4) is 11.3 Å². The molecule has 1 N–H and O–H groups in total. The van der Waals surface area contributed by atoms with E-state index in [0.717, 1.165) is 22.2 Å². The first-order valence-corrected chi connectivity index (χ1v) is 11.3. The third-order valence-electron chi connectivity index (χ3n) is 5.83. The molecule has 2 amide bonds. The lowest BCUT2D eigenvalue weighted by Gasteiger charge is -2.32. The Bertz CT molecular complexity index is 1110. The van der Waals surface area contributed by atoms with E-state index >= 15 is 0 Å². The predicted molar refractivity (Wildman–Crippen MR) is 125 cm³/mol. The second-order valence-corrected chi connectivity index (χ2v) is 8.40. The van der Waals surface area contributed by atoms with Gasteiger partial charge in [0.15, 0.2) is 0 Å². The lowest BCUT2D eigenvalue weighted by Crippen LogP contribution is -2.48. The van der Waals surface area contributed by atoms with Crippen molar-refractivity contribution in [3.05, 3.63) is 53.6 Å². The van der Waals surface area contributed by atoms with Crippen molar-refractivity contribution >= 4 is 34.5 Å². The number of benzene rings is 2. The van der Waals surface area contributed by atoms with E-state index in [1.54, 1.807) is 16.5 Å². The van der Waals surface area contributed by atoms with E-state index in [4.69, 9.17) is 21.4 Å². The number of aromatic nitrogens is 2. The number of amides is 2. The molecule has 1 atom stereocenters. The van der Waals surface area contributed by atoms with E-state index in [0.29, 0.717) is 37.6 Å². The quantitative estimate of drug-likeness (QED) is 0.608. The van der Waals surface area contributed by atoms with E-state index < -0.39 is 6.04 Å². The molecule has 4 rings (SSSR count). The lowest BCUT2D eigenvalue weighted by molar-refractivity contribution is -0.125. The van der Waals surface area contributed by atoms with Gasteiger partial charge in [0.1, 0.15) is 11.7 Å². The van der Waals surface area contributed by atoms with Crippen LogP contribution in [-0.2, 0) is 9.53 Å². The van der Waals surface area contributed by atoms with Gasteiger partial charge in [-0.1, -0.05) is 41.9 Å². The number of nitrogens with zero attached hydrogens (tertiary/aromatic N) is 3. The highest BCUT2D eigenvalue weighted by molar-refractivity contribution is 6.31. The van der Waals surface area contributed by atoms with E-state index in [1.165, 1.54) is 0 Å². The van der Waals surface area contributed by atoms with Gasteiger partial charge in [-0.05, 0) is 44.9 Å². The second-order valence-electron chi connectivity index (χ2n) is 7.97. The van der Waals surface area contributed by atoms with Crippen LogP contribution in [0.1, 0.15) is 32.7 Å². The average molecular weight is 455 g/mol. The molecule has 2 aromatic carbocycles. The number of piperidine rings is 1. The molecule has 1 fully saturated rings. The van der Waals surface area contributed by atoms with Crippen molar-refractivity contribution in [2.75, 3.05) is 19.7 Å². The zero-order valence-corrected chi connectivity index (χ0v) is 19.0. The van der Waals surface area contributed by atoms with Crippen LogP contribution < -0.4 is 5.32 Å². The summed E-state index contributed by atoms with van der Waals surface area (Å²) in [7, 11) is 0.